The van der Waals surface area contributed by atoms with Gasteiger partial charge in [-0.15, -0.1) is 0 Å². The van der Waals surface area contributed by atoms with E-state index in [0.29, 0.717) is 19.0 Å². The first kappa shape index (κ1) is 4.66. The van der Waals surface area contributed by atoms with Crippen molar-refractivity contribution in [3.63, 3.8) is 0 Å². The average molecular weight is 153 g/mol. The lowest BCUT2D eigenvalue weighted by Gasteiger charge is -2.24. The molecule has 1 aliphatic rings. The predicted molar refractivity (Wildman–Crippen MR) is 40.0 cm³/mol. The molecule has 2 rings (SSSR count). The number of aromatic nitrogens is 2. The first-order valence-corrected chi connectivity index (χ1v) is 3.37. The van der Waals surface area contributed by atoms with Crippen molar-refractivity contribution in [3.05, 3.63) is 18.0 Å². The van der Waals surface area contributed by atoms with Crippen molar-refractivity contribution in [2.45, 2.75) is 5.92 Å². The second-order valence-corrected chi connectivity index (χ2v) is 2.44. The van der Waals surface area contributed by atoms with Crippen LogP contribution in [0.25, 0.3) is 0 Å². The van der Waals surface area contributed by atoms with E-state index in [1.54, 1.807) is 0 Å². The van der Waals surface area contributed by atoms with Crippen LogP contribution in [0, 0.1) is 0 Å². The van der Waals surface area contributed by atoms with Crippen molar-refractivity contribution in [1.82, 2.24) is 9.97 Å². The molecule has 11 heavy (non-hydrogen) atoms. The second kappa shape index (κ2) is 2.47. The second-order valence-electron chi connectivity index (χ2n) is 2.44. The molecular weight excluding hydrogens is 142 g/mol. The summed E-state index contributed by atoms with van der Waals surface area (Å²) in [5.74, 6) is 0.735. The number of rotatable bonds is 1. The zero-order chi connectivity index (χ0) is 9.42. The molecule has 0 saturated carbocycles. The SMILES string of the molecule is [2H]c1nc(C2COC2)nc(N)c1[2H]. The van der Waals surface area contributed by atoms with Gasteiger partial charge >= 0.3 is 0 Å². The summed E-state index contributed by atoms with van der Waals surface area (Å²) in [5, 5.41) is 0. The van der Waals surface area contributed by atoms with Crippen LogP contribution in [-0.4, -0.2) is 23.2 Å². The Hall–Kier alpha value is -1.16. The molecule has 1 aliphatic heterocycles. The Kier molecular flexibility index (Phi) is 1.05. The van der Waals surface area contributed by atoms with Gasteiger partial charge in [-0.1, -0.05) is 0 Å². The van der Waals surface area contributed by atoms with Gasteiger partial charge in [-0.25, -0.2) is 9.97 Å². The van der Waals surface area contributed by atoms with Gasteiger partial charge in [0.25, 0.3) is 0 Å². The Bertz CT molecular complexity index is 318. The number of ether oxygens (including phenoxy) is 1. The van der Waals surface area contributed by atoms with Crippen molar-refractivity contribution >= 4 is 5.82 Å². The molecular formula is C7H9N3O. The quantitative estimate of drug-likeness (QED) is 0.624. The van der Waals surface area contributed by atoms with E-state index in [9.17, 15) is 0 Å². The van der Waals surface area contributed by atoms with E-state index < -0.39 is 0 Å². The molecule has 0 unspecified atom stereocenters. The zero-order valence-electron chi connectivity index (χ0n) is 7.87. The predicted octanol–water partition coefficient (Wildman–Crippen LogP) is 0.173. The lowest BCUT2D eigenvalue weighted by molar-refractivity contribution is 0.00491. The summed E-state index contributed by atoms with van der Waals surface area (Å²) in [7, 11) is 0. The van der Waals surface area contributed by atoms with Gasteiger partial charge in [0.1, 0.15) is 11.6 Å². The molecule has 58 valence electrons. The van der Waals surface area contributed by atoms with Crippen molar-refractivity contribution in [1.29, 1.82) is 0 Å². The summed E-state index contributed by atoms with van der Waals surface area (Å²) in [5.41, 5.74) is 5.44. The molecule has 1 aromatic heterocycles. The lowest BCUT2D eigenvalue weighted by Crippen LogP contribution is -2.27. The third-order valence-corrected chi connectivity index (χ3v) is 1.59. The molecule has 4 heteroatoms. The van der Waals surface area contributed by atoms with Crippen LogP contribution in [0.5, 0.6) is 0 Å². The standard InChI is InChI=1S/C7H9N3O/c8-6-1-2-9-7(10-6)5-3-11-4-5/h1-2,5H,3-4H2,(H2,8,9,10)/i1D,2D. The Morgan fingerprint density at radius 1 is 1.73 bits per heavy atom. The van der Waals surface area contributed by atoms with Crippen LogP contribution in [0.2, 0.25) is 0 Å². The molecule has 0 amide bonds. The van der Waals surface area contributed by atoms with Gasteiger partial charge in [0.05, 0.1) is 21.9 Å². The Labute approximate surface area is 67.2 Å². The van der Waals surface area contributed by atoms with Crippen LogP contribution < -0.4 is 5.73 Å². The largest absolute Gasteiger partial charge is 0.384 e. The topological polar surface area (TPSA) is 61.0 Å². The minimum Gasteiger partial charge on any atom is -0.384 e. The lowest BCUT2D eigenvalue weighted by atomic mass is 10.1. The van der Waals surface area contributed by atoms with Crippen LogP contribution in [0.15, 0.2) is 12.2 Å². The molecule has 1 aromatic rings. The minimum absolute atomic E-state index is 0.0712. The fourth-order valence-corrected chi connectivity index (χ4v) is 0.886. The Morgan fingerprint density at radius 2 is 2.55 bits per heavy atom. The molecule has 0 spiro atoms. The third kappa shape index (κ3) is 1.17. The van der Waals surface area contributed by atoms with Gasteiger partial charge in [0.15, 0.2) is 0 Å². The van der Waals surface area contributed by atoms with Crippen LogP contribution in [-0.2, 0) is 4.74 Å². The van der Waals surface area contributed by atoms with Crippen molar-refractivity contribution < 1.29 is 7.48 Å². The van der Waals surface area contributed by atoms with Crippen molar-refractivity contribution in [3.8, 4) is 0 Å². The Morgan fingerprint density at radius 3 is 3.09 bits per heavy atom. The van der Waals surface area contributed by atoms with E-state index in [-0.39, 0.29) is 24.0 Å². The van der Waals surface area contributed by atoms with Gasteiger partial charge in [-0.3, -0.25) is 0 Å². The molecule has 0 aliphatic carbocycles. The molecule has 1 fully saturated rings. The number of anilines is 1. The van der Waals surface area contributed by atoms with E-state index in [1.807, 2.05) is 0 Å². The normalized spacial score (nSPS) is 20.4. The van der Waals surface area contributed by atoms with E-state index in [0.717, 1.165) is 0 Å². The molecule has 0 atom stereocenters. The maximum atomic E-state index is 7.33. The third-order valence-electron chi connectivity index (χ3n) is 1.59. The van der Waals surface area contributed by atoms with E-state index in [4.69, 9.17) is 13.2 Å². The highest BCUT2D eigenvalue weighted by atomic mass is 16.5. The maximum Gasteiger partial charge on any atom is 0.138 e. The van der Waals surface area contributed by atoms with Crippen LogP contribution in [0.1, 0.15) is 14.5 Å². The fourth-order valence-electron chi connectivity index (χ4n) is 0.886. The number of nitrogen functional groups attached to an aromatic ring is 1. The highest BCUT2D eigenvalue weighted by Gasteiger charge is 2.22. The molecule has 0 radical (unpaired) electrons. The molecule has 1 saturated heterocycles. The number of nitrogens with two attached hydrogens (primary N) is 1. The van der Waals surface area contributed by atoms with Crippen molar-refractivity contribution in [2.75, 3.05) is 18.9 Å². The summed E-state index contributed by atoms with van der Waals surface area (Å²) in [6.07, 6.45) is -0.116. The molecule has 4 nitrogen and oxygen atoms in total. The highest BCUT2D eigenvalue weighted by molar-refractivity contribution is 5.26. The summed E-state index contributed by atoms with van der Waals surface area (Å²) >= 11 is 0. The van der Waals surface area contributed by atoms with Gasteiger partial charge in [-0.05, 0) is 6.04 Å². The van der Waals surface area contributed by atoms with E-state index in [1.165, 1.54) is 0 Å². The van der Waals surface area contributed by atoms with Gasteiger partial charge in [0.2, 0.25) is 0 Å². The van der Waals surface area contributed by atoms with E-state index in [2.05, 4.69) is 9.97 Å². The summed E-state index contributed by atoms with van der Waals surface area (Å²) < 4.78 is 19.6. The van der Waals surface area contributed by atoms with Crippen molar-refractivity contribution in [2.24, 2.45) is 0 Å². The fraction of sp³-hybridized carbons (Fsp3) is 0.429. The smallest absolute Gasteiger partial charge is 0.138 e. The molecule has 0 aromatic carbocycles. The highest BCUT2D eigenvalue weighted by Crippen LogP contribution is 2.20. The molecule has 0 bridgehead atoms. The summed E-state index contributed by atoms with van der Waals surface area (Å²) in [6.45, 7) is 1.16. The summed E-state index contributed by atoms with van der Waals surface area (Å²) in [4.78, 5) is 7.80. The molecule has 2 N–H and O–H groups in total. The van der Waals surface area contributed by atoms with E-state index >= 15 is 0 Å². The summed E-state index contributed by atoms with van der Waals surface area (Å²) in [6, 6.07) is -0.107. The molecule has 2 heterocycles. The monoisotopic (exact) mass is 153 g/mol. The van der Waals surface area contributed by atoms with Gasteiger partial charge < -0.3 is 10.5 Å². The zero-order valence-corrected chi connectivity index (χ0v) is 5.87. The number of hydrogen-bond donors (Lipinski definition) is 1. The van der Waals surface area contributed by atoms with Crippen LogP contribution >= 0.6 is 0 Å². The van der Waals surface area contributed by atoms with Crippen LogP contribution in [0.4, 0.5) is 5.82 Å². The first-order valence-electron chi connectivity index (χ1n) is 4.37. The van der Waals surface area contributed by atoms with Gasteiger partial charge in [0, 0.05) is 6.17 Å². The van der Waals surface area contributed by atoms with Gasteiger partial charge in [-0.2, -0.15) is 0 Å². The number of nitrogens with zero attached hydrogens (tertiary/aromatic N) is 2. The Balaban J connectivity index is 2.37. The number of hydrogen-bond acceptors (Lipinski definition) is 4. The minimum atomic E-state index is -0.116. The average Bonchev–Trinajstić information content (AvgIpc) is 1.96. The maximum absolute atomic E-state index is 7.33. The first-order chi connectivity index (χ1) is 6.18. The van der Waals surface area contributed by atoms with Crippen LogP contribution in [0.3, 0.4) is 0 Å².